The van der Waals surface area contributed by atoms with Gasteiger partial charge in [0.2, 0.25) is 11.8 Å². The molecule has 20 heavy (non-hydrogen) atoms. The van der Waals surface area contributed by atoms with Crippen molar-refractivity contribution in [1.82, 2.24) is 4.90 Å². The maximum atomic E-state index is 12.2. The third-order valence-electron chi connectivity index (χ3n) is 4.34. The molecule has 2 heterocycles. The van der Waals surface area contributed by atoms with Gasteiger partial charge in [-0.2, -0.15) is 0 Å². The normalized spacial score (nSPS) is 24.9. The van der Waals surface area contributed by atoms with Crippen molar-refractivity contribution in [3.63, 3.8) is 0 Å². The molecule has 1 N–H and O–H groups in total. The van der Waals surface area contributed by atoms with Crippen LogP contribution in [-0.4, -0.2) is 29.8 Å². The lowest BCUT2D eigenvalue weighted by molar-refractivity contribution is -0.133. The molecule has 1 aromatic rings. The summed E-state index contributed by atoms with van der Waals surface area (Å²) in [7, 11) is 0. The van der Waals surface area contributed by atoms with Crippen molar-refractivity contribution in [2.24, 2.45) is 11.8 Å². The van der Waals surface area contributed by atoms with Crippen LogP contribution in [0.1, 0.15) is 31.7 Å². The van der Waals surface area contributed by atoms with Crippen LogP contribution in [0.5, 0.6) is 0 Å². The number of fused-ring (bicyclic) bond motifs is 1. The number of likely N-dealkylation sites (tertiary alicyclic amines) is 1. The summed E-state index contributed by atoms with van der Waals surface area (Å²) in [6.07, 6.45) is 0.908. The molecule has 1 aromatic carbocycles. The lowest BCUT2D eigenvalue weighted by Crippen LogP contribution is -2.33. The Morgan fingerprint density at radius 3 is 2.85 bits per heavy atom. The minimum absolute atomic E-state index is 0.0263. The zero-order valence-corrected chi connectivity index (χ0v) is 11.9. The van der Waals surface area contributed by atoms with Gasteiger partial charge < -0.3 is 10.2 Å². The summed E-state index contributed by atoms with van der Waals surface area (Å²) in [6.45, 7) is 5.32. The Morgan fingerprint density at radius 1 is 1.35 bits per heavy atom. The predicted molar refractivity (Wildman–Crippen MR) is 77.3 cm³/mol. The van der Waals surface area contributed by atoms with E-state index in [1.165, 1.54) is 0 Å². The minimum atomic E-state index is -0.101. The van der Waals surface area contributed by atoms with E-state index in [2.05, 4.69) is 5.32 Å². The van der Waals surface area contributed by atoms with E-state index < -0.39 is 0 Å². The van der Waals surface area contributed by atoms with Crippen LogP contribution in [0.4, 0.5) is 5.69 Å². The Morgan fingerprint density at radius 2 is 2.10 bits per heavy atom. The van der Waals surface area contributed by atoms with Crippen LogP contribution in [0.3, 0.4) is 0 Å². The standard InChI is InChI=1S/C16H20N2O2/c1-10(2)16(20)18-8-7-11(9-18)14-12-5-3-4-6-13(12)17-15(14)19/h3-6,10-11,14H,7-9H2,1-2H3,(H,17,19). The molecular formula is C16H20N2O2. The highest BCUT2D eigenvalue weighted by atomic mass is 16.2. The van der Waals surface area contributed by atoms with Gasteiger partial charge in [-0.25, -0.2) is 0 Å². The van der Waals surface area contributed by atoms with Gasteiger partial charge >= 0.3 is 0 Å². The molecule has 0 saturated carbocycles. The van der Waals surface area contributed by atoms with Gasteiger partial charge in [-0.05, 0) is 24.0 Å². The first-order chi connectivity index (χ1) is 9.58. The molecule has 2 aliphatic heterocycles. The molecule has 0 aliphatic carbocycles. The van der Waals surface area contributed by atoms with Gasteiger partial charge in [0.25, 0.3) is 0 Å². The van der Waals surface area contributed by atoms with E-state index in [4.69, 9.17) is 0 Å². The Hall–Kier alpha value is -1.84. The Labute approximate surface area is 119 Å². The smallest absolute Gasteiger partial charge is 0.232 e. The zero-order chi connectivity index (χ0) is 14.3. The highest BCUT2D eigenvalue weighted by molar-refractivity contribution is 6.03. The van der Waals surface area contributed by atoms with Crippen LogP contribution >= 0.6 is 0 Å². The van der Waals surface area contributed by atoms with Crippen molar-refractivity contribution >= 4 is 17.5 Å². The van der Waals surface area contributed by atoms with E-state index in [-0.39, 0.29) is 29.6 Å². The average Bonchev–Trinajstić information content (AvgIpc) is 3.00. The fourth-order valence-electron chi connectivity index (χ4n) is 3.33. The van der Waals surface area contributed by atoms with Crippen molar-refractivity contribution in [1.29, 1.82) is 0 Å². The largest absolute Gasteiger partial charge is 0.342 e. The van der Waals surface area contributed by atoms with Crippen molar-refractivity contribution < 1.29 is 9.59 Å². The molecule has 4 nitrogen and oxygen atoms in total. The van der Waals surface area contributed by atoms with E-state index in [1.807, 2.05) is 43.0 Å². The fourth-order valence-corrected chi connectivity index (χ4v) is 3.33. The molecule has 2 aliphatic rings. The number of benzene rings is 1. The molecule has 1 fully saturated rings. The summed E-state index contributed by atoms with van der Waals surface area (Å²) >= 11 is 0. The first-order valence-corrected chi connectivity index (χ1v) is 7.26. The maximum absolute atomic E-state index is 12.2. The number of hydrogen-bond donors (Lipinski definition) is 1. The van der Waals surface area contributed by atoms with Gasteiger partial charge in [0.15, 0.2) is 0 Å². The minimum Gasteiger partial charge on any atom is -0.342 e. The van der Waals surface area contributed by atoms with Crippen molar-refractivity contribution in [3.8, 4) is 0 Å². The summed E-state index contributed by atoms with van der Waals surface area (Å²) in [5.41, 5.74) is 2.01. The molecule has 1 saturated heterocycles. The monoisotopic (exact) mass is 272 g/mol. The second kappa shape index (κ2) is 4.93. The Balaban J connectivity index is 1.78. The number of amides is 2. The molecule has 0 spiro atoms. The van der Waals surface area contributed by atoms with Gasteiger partial charge in [0.05, 0.1) is 5.92 Å². The molecule has 2 atom stereocenters. The number of nitrogens with zero attached hydrogens (tertiary/aromatic N) is 1. The quantitative estimate of drug-likeness (QED) is 0.897. The van der Waals surface area contributed by atoms with E-state index in [0.717, 1.165) is 24.2 Å². The number of hydrogen-bond acceptors (Lipinski definition) is 2. The molecule has 3 rings (SSSR count). The third kappa shape index (κ3) is 2.09. The second-order valence-corrected chi connectivity index (χ2v) is 6.04. The molecule has 2 amide bonds. The van der Waals surface area contributed by atoms with Crippen LogP contribution in [0, 0.1) is 11.8 Å². The zero-order valence-electron chi connectivity index (χ0n) is 11.9. The fraction of sp³-hybridized carbons (Fsp3) is 0.500. The maximum Gasteiger partial charge on any atom is 0.232 e. The number of anilines is 1. The van der Waals surface area contributed by atoms with E-state index in [0.29, 0.717) is 6.54 Å². The highest BCUT2D eigenvalue weighted by Gasteiger charge is 2.40. The van der Waals surface area contributed by atoms with Crippen LogP contribution in [0.2, 0.25) is 0 Å². The first-order valence-electron chi connectivity index (χ1n) is 7.26. The van der Waals surface area contributed by atoms with Gasteiger partial charge in [0, 0.05) is 24.7 Å². The summed E-state index contributed by atoms with van der Waals surface area (Å²) in [5, 5.41) is 2.95. The SMILES string of the molecule is CC(C)C(=O)N1CCC(C2C(=O)Nc3ccccc32)C1. The number of rotatable bonds is 2. The molecule has 2 unspecified atom stereocenters. The molecule has 0 aromatic heterocycles. The lowest BCUT2D eigenvalue weighted by atomic mass is 9.86. The molecule has 4 heteroatoms. The molecule has 0 bridgehead atoms. The third-order valence-corrected chi connectivity index (χ3v) is 4.34. The van der Waals surface area contributed by atoms with E-state index in [1.54, 1.807) is 0 Å². The topological polar surface area (TPSA) is 49.4 Å². The highest BCUT2D eigenvalue weighted by Crippen LogP contribution is 2.40. The van der Waals surface area contributed by atoms with Crippen LogP contribution in [-0.2, 0) is 9.59 Å². The number of nitrogens with one attached hydrogen (secondary N) is 1. The van der Waals surface area contributed by atoms with Gasteiger partial charge in [0.1, 0.15) is 0 Å². The first kappa shape index (κ1) is 13.2. The predicted octanol–water partition coefficient (Wildman–Crippen LogP) is 2.23. The summed E-state index contributed by atoms with van der Waals surface area (Å²) in [6, 6.07) is 7.87. The van der Waals surface area contributed by atoms with Crippen LogP contribution in [0.15, 0.2) is 24.3 Å². The number of carbonyl (C=O) groups is 2. The average molecular weight is 272 g/mol. The number of carbonyl (C=O) groups excluding carboxylic acids is 2. The van der Waals surface area contributed by atoms with Crippen molar-refractivity contribution in [2.75, 3.05) is 18.4 Å². The van der Waals surface area contributed by atoms with Crippen molar-refractivity contribution in [2.45, 2.75) is 26.2 Å². The second-order valence-electron chi connectivity index (χ2n) is 6.04. The van der Waals surface area contributed by atoms with Gasteiger partial charge in [-0.3, -0.25) is 9.59 Å². The van der Waals surface area contributed by atoms with E-state index in [9.17, 15) is 9.59 Å². The van der Waals surface area contributed by atoms with Gasteiger partial charge in [-0.1, -0.05) is 32.0 Å². The summed E-state index contributed by atoms with van der Waals surface area (Å²) in [4.78, 5) is 26.2. The van der Waals surface area contributed by atoms with Crippen LogP contribution in [0.25, 0.3) is 0 Å². The van der Waals surface area contributed by atoms with Crippen LogP contribution < -0.4 is 5.32 Å². The Kier molecular flexibility index (Phi) is 3.24. The van der Waals surface area contributed by atoms with Gasteiger partial charge in [-0.15, -0.1) is 0 Å². The number of para-hydroxylation sites is 1. The van der Waals surface area contributed by atoms with Crippen molar-refractivity contribution in [3.05, 3.63) is 29.8 Å². The lowest BCUT2D eigenvalue weighted by Gasteiger charge is -2.20. The summed E-state index contributed by atoms with van der Waals surface area (Å²) < 4.78 is 0. The molecule has 0 radical (unpaired) electrons. The molecule has 106 valence electrons. The molecular weight excluding hydrogens is 252 g/mol. The van der Waals surface area contributed by atoms with E-state index >= 15 is 0 Å². The summed E-state index contributed by atoms with van der Waals surface area (Å²) in [5.74, 6) is 0.435. The Bertz CT molecular complexity index is 553.